The monoisotopic (exact) mass is 341 g/mol. The molecule has 0 aliphatic carbocycles. The third kappa shape index (κ3) is 4.38. The van der Waals surface area contributed by atoms with Gasteiger partial charge < -0.3 is 15.4 Å². The van der Waals surface area contributed by atoms with Crippen molar-refractivity contribution in [1.29, 1.82) is 0 Å². The molecule has 0 amide bonds. The minimum absolute atomic E-state index is 0.224. The van der Waals surface area contributed by atoms with Crippen LogP contribution < -0.4 is 10.6 Å². The normalized spacial score (nSPS) is 10.0. The number of hydrogen-bond donors (Lipinski definition) is 2. The highest BCUT2D eigenvalue weighted by molar-refractivity contribution is 7.80. The van der Waals surface area contributed by atoms with E-state index in [1.54, 1.807) is 36.7 Å². The molecule has 0 unspecified atom stereocenters. The van der Waals surface area contributed by atoms with Crippen LogP contribution in [0.2, 0.25) is 5.02 Å². The molecule has 1 aromatic carbocycles. The van der Waals surface area contributed by atoms with Crippen LogP contribution in [0.25, 0.3) is 0 Å². The van der Waals surface area contributed by atoms with Gasteiger partial charge in [-0.25, -0.2) is 9.78 Å². The number of halogens is 1. The molecule has 2 N–H and O–H groups in total. The molecule has 0 saturated carbocycles. The van der Waals surface area contributed by atoms with E-state index in [1.165, 1.54) is 11.3 Å². The van der Waals surface area contributed by atoms with Crippen LogP contribution in [0, 0.1) is 0 Å². The molecule has 0 spiro atoms. The first-order valence-corrected chi connectivity index (χ1v) is 7.71. The van der Waals surface area contributed by atoms with Gasteiger partial charge in [-0.2, -0.15) is 0 Å². The highest BCUT2D eigenvalue weighted by atomic mass is 35.5. The van der Waals surface area contributed by atoms with E-state index in [9.17, 15) is 4.79 Å². The van der Waals surface area contributed by atoms with Gasteiger partial charge in [-0.3, -0.25) is 0 Å². The van der Waals surface area contributed by atoms with E-state index in [0.717, 1.165) is 5.69 Å². The molecule has 8 heteroatoms. The Morgan fingerprint density at radius 1 is 1.38 bits per heavy atom. The highest BCUT2D eigenvalue weighted by Gasteiger charge is 2.16. The zero-order chi connectivity index (χ0) is 15.2. The van der Waals surface area contributed by atoms with Gasteiger partial charge in [0.05, 0.1) is 12.1 Å². The average molecular weight is 342 g/mol. The lowest BCUT2D eigenvalue weighted by Crippen LogP contribution is -2.20. The Balaban J connectivity index is 2.01. The van der Waals surface area contributed by atoms with Gasteiger partial charge in [0, 0.05) is 10.7 Å². The summed E-state index contributed by atoms with van der Waals surface area (Å²) in [6.45, 7) is 2.04. The second kappa shape index (κ2) is 7.35. The predicted octanol–water partition coefficient (Wildman–Crippen LogP) is 3.78. The number of nitrogens with one attached hydrogen (secondary N) is 2. The fraction of sp³-hybridized carbons (Fsp3) is 0.154. The largest absolute Gasteiger partial charge is 0.461 e. The number of aromatic nitrogens is 1. The zero-order valence-corrected chi connectivity index (χ0v) is 13.4. The van der Waals surface area contributed by atoms with E-state index in [4.69, 9.17) is 28.6 Å². The number of esters is 1. The number of thiocarbonyl (C=S) groups is 1. The van der Waals surface area contributed by atoms with Gasteiger partial charge in [0.15, 0.2) is 10.8 Å². The molecule has 0 atom stereocenters. The second-order valence-electron chi connectivity index (χ2n) is 3.84. The Morgan fingerprint density at radius 3 is 2.76 bits per heavy atom. The van der Waals surface area contributed by atoms with Gasteiger partial charge in [0.2, 0.25) is 0 Å². The van der Waals surface area contributed by atoms with Crippen molar-refractivity contribution in [1.82, 2.24) is 4.98 Å². The molecule has 1 heterocycles. The van der Waals surface area contributed by atoms with Crippen LogP contribution in [0.5, 0.6) is 0 Å². The van der Waals surface area contributed by atoms with Crippen molar-refractivity contribution in [3.8, 4) is 0 Å². The van der Waals surface area contributed by atoms with Crippen molar-refractivity contribution in [2.75, 3.05) is 17.2 Å². The topological polar surface area (TPSA) is 63.2 Å². The number of thiazole rings is 1. The van der Waals surface area contributed by atoms with Gasteiger partial charge in [0.1, 0.15) is 5.00 Å². The molecule has 0 aliphatic heterocycles. The molecule has 0 radical (unpaired) electrons. The molecule has 5 nitrogen and oxygen atoms in total. The van der Waals surface area contributed by atoms with Crippen molar-refractivity contribution in [2.45, 2.75) is 6.92 Å². The average Bonchev–Trinajstić information content (AvgIpc) is 2.90. The van der Waals surface area contributed by atoms with E-state index in [2.05, 4.69) is 15.6 Å². The maximum atomic E-state index is 11.7. The summed E-state index contributed by atoms with van der Waals surface area (Å²) in [5, 5.41) is 7.47. The fourth-order valence-corrected chi connectivity index (χ4v) is 2.56. The number of hydrogen-bond acceptors (Lipinski definition) is 5. The molecular weight excluding hydrogens is 330 g/mol. The van der Waals surface area contributed by atoms with Crippen LogP contribution in [-0.4, -0.2) is 22.7 Å². The summed E-state index contributed by atoms with van der Waals surface area (Å²) < 4.78 is 4.93. The third-order valence-electron chi connectivity index (χ3n) is 2.37. The molecule has 0 bridgehead atoms. The lowest BCUT2D eigenvalue weighted by molar-refractivity contribution is 0.0521. The Bertz CT molecular complexity index is 643. The van der Waals surface area contributed by atoms with E-state index in [0.29, 0.717) is 21.7 Å². The lowest BCUT2D eigenvalue weighted by Gasteiger charge is -2.10. The van der Waals surface area contributed by atoms with Crippen molar-refractivity contribution < 1.29 is 9.53 Å². The molecule has 0 saturated heterocycles. The number of carbonyl (C=O) groups is 1. The summed E-state index contributed by atoms with van der Waals surface area (Å²) in [4.78, 5) is 15.7. The summed E-state index contributed by atoms with van der Waals surface area (Å²) >= 11 is 12.3. The van der Waals surface area contributed by atoms with Crippen LogP contribution in [0.15, 0.2) is 29.8 Å². The smallest absolute Gasteiger partial charge is 0.360 e. The second-order valence-corrected chi connectivity index (χ2v) is 5.54. The number of rotatable bonds is 4. The van der Waals surface area contributed by atoms with Gasteiger partial charge in [-0.1, -0.05) is 11.6 Å². The van der Waals surface area contributed by atoms with Crippen molar-refractivity contribution in [3.63, 3.8) is 0 Å². The van der Waals surface area contributed by atoms with Gasteiger partial charge in [-0.05, 0) is 43.4 Å². The summed E-state index contributed by atoms with van der Waals surface area (Å²) in [7, 11) is 0. The van der Waals surface area contributed by atoms with Crippen molar-refractivity contribution in [3.05, 3.63) is 40.5 Å². The minimum Gasteiger partial charge on any atom is -0.461 e. The van der Waals surface area contributed by atoms with E-state index >= 15 is 0 Å². The van der Waals surface area contributed by atoms with Crippen LogP contribution in [0.4, 0.5) is 10.7 Å². The Hall–Kier alpha value is -1.70. The van der Waals surface area contributed by atoms with E-state index in [-0.39, 0.29) is 5.69 Å². The quantitative estimate of drug-likeness (QED) is 0.651. The number of carbonyl (C=O) groups excluding carboxylic acids is 1. The Morgan fingerprint density at radius 2 is 2.10 bits per heavy atom. The third-order valence-corrected chi connectivity index (χ3v) is 3.56. The number of ether oxygens (including phenoxy) is 1. The summed E-state index contributed by atoms with van der Waals surface area (Å²) in [5.41, 5.74) is 2.57. The summed E-state index contributed by atoms with van der Waals surface area (Å²) in [6.07, 6.45) is 0. The maximum absolute atomic E-state index is 11.7. The van der Waals surface area contributed by atoms with Crippen LogP contribution in [0.3, 0.4) is 0 Å². The summed E-state index contributed by atoms with van der Waals surface area (Å²) in [6, 6.07) is 7.11. The van der Waals surface area contributed by atoms with E-state index < -0.39 is 5.97 Å². The van der Waals surface area contributed by atoms with Crippen LogP contribution in [0.1, 0.15) is 17.4 Å². The lowest BCUT2D eigenvalue weighted by atomic mass is 10.3. The minimum atomic E-state index is -0.476. The Kier molecular flexibility index (Phi) is 5.49. The predicted molar refractivity (Wildman–Crippen MR) is 89.4 cm³/mol. The van der Waals surface area contributed by atoms with Gasteiger partial charge in [0.25, 0.3) is 0 Å². The zero-order valence-electron chi connectivity index (χ0n) is 11.1. The van der Waals surface area contributed by atoms with E-state index in [1.807, 2.05) is 0 Å². The number of nitrogens with zero attached hydrogens (tertiary/aromatic N) is 1. The van der Waals surface area contributed by atoms with Gasteiger partial charge >= 0.3 is 5.97 Å². The SMILES string of the molecule is CCOC(=O)c1ncsc1NC(=S)Nc1ccc(Cl)cc1. The molecule has 21 heavy (non-hydrogen) atoms. The molecular formula is C13H12ClN3O2S2. The van der Waals surface area contributed by atoms with Crippen LogP contribution >= 0.6 is 35.2 Å². The first kappa shape index (κ1) is 15.7. The number of anilines is 2. The first-order chi connectivity index (χ1) is 10.1. The highest BCUT2D eigenvalue weighted by Crippen LogP contribution is 2.21. The van der Waals surface area contributed by atoms with Crippen molar-refractivity contribution in [2.24, 2.45) is 0 Å². The molecule has 110 valence electrons. The standard InChI is InChI=1S/C13H12ClN3O2S2/c1-2-19-12(18)10-11(21-7-15-10)17-13(20)16-9-5-3-8(14)4-6-9/h3-7H,2H2,1H3,(H2,16,17,20). The number of benzene rings is 1. The van der Waals surface area contributed by atoms with Crippen LogP contribution in [-0.2, 0) is 4.74 Å². The Labute approximate surface area is 136 Å². The first-order valence-electron chi connectivity index (χ1n) is 6.04. The molecule has 0 aliphatic rings. The van der Waals surface area contributed by atoms with Crippen molar-refractivity contribution >= 4 is 56.9 Å². The fourth-order valence-electron chi connectivity index (χ4n) is 1.48. The molecule has 2 rings (SSSR count). The molecule has 1 aromatic heterocycles. The summed E-state index contributed by atoms with van der Waals surface area (Å²) in [5.74, 6) is -0.476. The molecule has 2 aromatic rings. The molecule has 0 fully saturated rings. The maximum Gasteiger partial charge on any atom is 0.360 e. The van der Waals surface area contributed by atoms with Gasteiger partial charge in [-0.15, -0.1) is 11.3 Å².